The van der Waals surface area contributed by atoms with Crippen LogP contribution in [0.15, 0.2) is 34.9 Å². The summed E-state index contributed by atoms with van der Waals surface area (Å²) in [6, 6.07) is 3.34. The fraction of sp³-hybridized carbons (Fsp3) is 0.625. The van der Waals surface area contributed by atoms with Crippen LogP contribution in [-0.2, 0) is 14.4 Å². The van der Waals surface area contributed by atoms with Crippen molar-refractivity contribution in [3.8, 4) is 0 Å². The minimum Gasteiger partial charge on any atom is -0.415 e. The molecule has 0 aromatic heterocycles. The maximum absolute atomic E-state index is 13.2. The number of hydrogen-bond donors (Lipinski definition) is 1. The predicted octanol–water partition coefficient (Wildman–Crippen LogP) is 6.18. The molecule has 1 aromatic rings. The van der Waals surface area contributed by atoms with Crippen molar-refractivity contribution >= 4 is 18.3 Å². The van der Waals surface area contributed by atoms with Gasteiger partial charge < -0.3 is 4.43 Å². The molecule has 30 heavy (non-hydrogen) atoms. The van der Waals surface area contributed by atoms with Crippen LogP contribution in [0.3, 0.4) is 0 Å². The second kappa shape index (κ2) is 10.9. The average molecular weight is 452 g/mol. The molecule has 0 amide bonds. The quantitative estimate of drug-likeness (QED) is 0.262. The van der Waals surface area contributed by atoms with Crippen LogP contribution in [0.5, 0.6) is 0 Å². The first-order valence-corrected chi connectivity index (χ1v) is 15.3. The molecule has 0 spiro atoms. The molecule has 4 nitrogen and oxygen atoms in total. The molecule has 0 aliphatic rings. The van der Waals surface area contributed by atoms with E-state index in [0.717, 1.165) is 36.0 Å². The zero-order valence-corrected chi connectivity index (χ0v) is 22.2. The molecule has 0 heterocycles. The Morgan fingerprint density at radius 3 is 2.23 bits per heavy atom. The van der Waals surface area contributed by atoms with Gasteiger partial charge in [-0.05, 0) is 75.0 Å². The Morgan fingerprint density at radius 2 is 1.73 bits per heavy atom. The van der Waals surface area contributed by atoms with Crippen LogP contribution >= 0.6 is 0 Å². The van der Waals surface area contributed by atoms with Crippen molar-refractivity contribution in [3.05, 3.63) is 46.7 Å². The summed E-state index contributed by atoms with van der Waals surface area (Å²) in [5, 5.41) is 0.0568. The topological polar surface area (TPSA) is 55.4 Å². The summed E-state index contributed by atoms with van der Waals surface area (Å²) in [6.45, 7) is 19.0. The molecule has 1 N–H and O–H groups in total. The first kappa shape index (κ1) is 26.9. The van der Waals surface area contributed by atoms with Crippen LogP contribution in [0.1, 0.15) is 63.6 Å². The number of nitrogens with one attached hydrogen (secondary N) is 1. The molecule has 0 aliphatic heterocycles. The Balaban J connectivity index is 3.17. The van der Waals surface area contributed by atoms with Gasteiger partial charge in [0.25, 0.3) is 0 Å². The zero-order valence-electron chi connectivity index (χ0n) is 20.3. The van der Waals surface area contributed by atoms with Gasteiger partial charge in [0.1, 0.15) is 0 Å². The molecule has 1 aromatic carbocycles. The van der Waals surface area contributed by atoms with Crippen LogP contribution in [0.4, 0.5) is 0 Å². The lowest BCUT2D eigenvalue weighted by molar-refractivity contribution is 0.272. The van der Waals surface area contributed by atoms with Crippen molar-refractivity contribution in [2.75, 3.05) is 6.61 Å². The highest BCUT2D eigenvalue weighted by atomic mass is 32.2. The Hall–Kier alpha value is -1.17. The van der Waals surface area contributed by atoms with Crippen LogP contribution in [-0.4, -0.2) is 29.4 Å². The van der Waals surface area contributed by atoms with E-state index < -0.39 is 24.4 Å². The van der Waals surface area contributed by atoms with E-state index in [-0.39, 0.29) is 5.04 Å². The molecular weight excluding hydrogens is 410 g/mol. The molecule has 1 rings (SSSR count). The summed E-state index contributed by atoms with van der Waals surface area (Å²) in [6.07, 6.45) is 6.92. The molecule has 0 fully saturated rings. The summed E-state index contributed by atoms with van der Waals surface area (Å²) >= 11 is 0. The van der Waals surface area contributed by atoms with Gasteiger partial charge in [-0.2, -0.15) is 0 Å². The maximum Gasteiger partial charge on any atom is 0.241 e. The average Bonchev–Trinajstić information content (AvgIpc) is 2.56. The second-order valence-electron chi connectivity index (χ2n) is 9.71. The molecule has 0 saturated heterocycles. The van der Waals surface area contributed by atoms with E-state index in [2.05, 4.69) is 51.2 Å². The van der Waals surface area contributed by atoms with Gasteiger partial charge in [-0.15, -0.1) is 5.73 Å². The van der Waals surface area contributed by atoms with Gasteiger partial charge in [-0.1, -0.05) is 51.8 Å². The van der Waals surface area contributed by atoms with E-state index >= 15 is 0 Å². The van der Waals surface area contributed by atoms with E-state index in [4.69, 9.17) is 4.43 Å². The molecule has 6 heteroatoms. The summed E-state index contributed by atoms with van der Waals surface area (Å²) in [5.41, 5.74) is 5.73. The second-order valence-corrected chi connectivity index (χ2v) is 16.2. The standard InChI is InChI=1S/C24H41NO3SSi/c1-10-11-12-13-14-15-22(18-28-30(8,9)24(5,6)7)25-29(26,27)23-20(3)16-19(2)17-21(23)4/h13,15-17,22,25H,10-12,18H2,1-9H3/t14?,22-/m1/s1. The van der Waals surface area contributed by atoms with E-state index in [0.29, 0.717) is 11.5 Å². The highest BCUT2D eigenvalue weighted by Crippen LogP contribution is 2.36. The Labute approximate surface area is 186 Å². The fourth-order valence-electron chi connectivity index (χ4n) is 3.05. The lowest BCUT2D eigenvalue weighted by atomic mass is 10.1. The lowest BCUT2D eigenvalue weighted by Crippen LogP contribution is -2.45. The first-order valence-electron chi connectivity index (χ1n) is 10.9. The smallest absolute Gasteiger partial charge is 0.241 e. The third kappa shape index (κ3) is 7.82. The monoisotopic (exact) mass is 451 g/mol. The molecule has 0 saturated carbocycles. The summed E-state index contributed by atoms with van der Waals surface area (Å²) in [7, 11) is -5.69. The van der Waals surface area contributed by atoms with E-state index in [1.165, 1.54) is 0 Å². The third-order valence-electron chi connectivity index (χ3n) is 5.73. The van der Waals surface area contributed by atoms with Crippen LogP contribution in [0.25, 0.3) is 0 Å². The third-order valence-corrected chi connectivity index (χ3v) is 12.0. The van der Waals surface area contributed by atoms with Gasteiger partial charge >= 0.3 is 0 Å². The minimum atomic E-state index is -3.69. The first-order chi connectivity index (χ1) is 13.7. The molecular formula is C24H41NO3SSi. The van der Waals surface area contributed by atoms with Crippen LogP contribution in [0, 0.1) is 20.8 Å². The highest BCUT2D eigenvalue weighted by Gasteiger charge is 2.37. The number of benzene rings is 1. The molecule has 0 aliphatic carbocycles. The fourth-order valence-corrected chi connectivity index (χ4v) is 5.70. The molecule has 0 unspecified atom stereocenters. The maximum atomic E-state index is 13.2. The predicted molar refractivity (Wildman–Crippen MR) is 130 cm³/mol. The van der Waals surface area contributed by atoms with Crippen LogP contribution in [0.2, 0.25) is 18.1 Å². The van der Waals surface area contributed by atoms with Crippen molar-refractivity contribution in [1.82, 2.24) is 4.72 Å². The van der Waals surface area contributed by atoms with Crippen molar-refractivity contribution in [2.45, 2.75) is 96.8 Å². The number of hydrogen-bond acceptors (Lipinski definition) is 3. The zero-order chi connectivity index (χ0) is 23.2. The van der Waals surface area contributed by atoms with Gasteiger partial charge in [0.2, 0.25) is 10.0 Å². The lowest BCUT2D eigenvalue weighted by Gasteiger charge is -2.37. The number of aryl methyl sites for hydroxylation is 3. The van der Waals surface area contributed by atoms with Gasteiger partial charge in [-0.25, -0.2) is 13.1 Å². The van der Waals surface area contributed by atoms with Gasteiger partial charge in [-0.3, -0.25) is 0 Å². The number of sulfonamides is 1. The molecule has 0 radical (unpaired) electrons. The highest BCUT2D eigenvalue weighted by molar-refractivity contribution is 7.89. The number of unbranched alkanes of at least 4 members (excludes halogenated alkanes) is 2. The van der Waals surface area contributed by atoms with Crippen LogP contribution < -0.4 is 4.72 Å². The largest absolute Gasteiger partial charge is 0.415 e. The Kier molecular flexibility index (Phi) is 9.78. The van der Waals surface area contributed by atoms with Crippen molar-refractivity contribution in [3.63, 3.8) is 0 Å². The summed E-state index contributed by atoms with van der Waals surface area (Å²) in [5.74, 6) is 0. The number of rotatable bonds is 10. The molecule has 1 atom stereocenters. The van der Waals surface area contributed by atoms with E-state index in [1.54, 1.807) is 6.08 Å². The summed E-state index contributed by atoms with van der Waals surface area (Å²) < 4.78 is 35.7. The van der Waals surface area contributed by atoms with Crippen molar-refractivity contribution < 1.29 is 12.8 Å². The Bertz CT molecular complexity index is 853. The Morgan fingerprint density at radius 1 is 1.17 bits per heavy atom. The van der Waals surface area contributed by atoms with Crippen molar-refractivity contribution in [2.24, 2.45) is 0 Å². The summed E-state index contributed by atoms with van der Waals surface area (Å²) in [4.78, 5) is 0.355. The minimum absolute atomic E-state index is 0.0568. The molecule has 0 bridgehead atoms. The van der Waals surface area contributed by atoms with Gasteiger partial charge in [0, 0.05) is 0 Å². The van der Waals surface area contributed by atoms with Gasteiger partial charge in [0.15, 0.2) is 8.32 Å². The van der Waals surface area contributed by atoms with E-state index in [1.807, 2.05) is 39.0 Å². The van der Waals surface area contributed by atoms with Gasteiger partial charge in [0.05, 0.1) is 17.5 Å². The van der Waals surface area contributed by atoms with E-state index in [9.17, 15) is 8.42 Å². The SMILES string of the molecule is CCCCC=C=C[C@H](CO[Si](C)(C)C(C)(C)C)NS(=O)(=O)c1c(C)cc(C)cc1C. The molecule has 170 valence electrons. The van der Waals surface area contributed by atoms with Crippen molar-refractivity contribution in [1.29, 1.82) is 0 Å². The normalized spacial score (nSPS) is 13.6.